The van der Waals surface area contributed by atoms with E-state index in [4.69, 9.17) is 9.47 Å². The van der Waals surface area contributed by atoms with Gasteiger partial charge in [-0.3, -0.25) is 14.7 Å². The predicted molar refractivity (Wildman–Crippen MR) is 105 cm³/mol. The van der Waals surface area contributed by atoms with E-state index < -0.39 is 5.95 Å². The summed E-state index contributed by atoms with van der Waals surface area (Å²) in [5.41, 5.74) is 2.63. The van der Waals surface area contributed by atoms with Crippen LogP contribution in [-0.4, -0.2) is 40.8 Å². The molecule has 2 aliphatic heterocycles. The van der Waals surface area contributed by atoms with Crippen molar-refractivity contribution < 1.29 is 18.7 Å². The third-order valence-corrected chi connectivity index (χ3v) is 4.73. The van der Waals surface area contributed by atoms with E-state index in [-0.39, 0.29) is 18.3 Å². The summed E-state index contributed by atoms with van der Waals surface area (Å²) in [7, 11) is 3.16. The van der Waals surface area contributed by atoms with Gasteiger partial charge in [0.2, 0.25) is 0 Å². The Morgan fingerprint density at radius 3 is 2.79 bits per heavy atom. The Hall–Kier alpha value is -3.68. The number of hydrazone groups is 1. The van der Waals surface area contributed by atoms with Crippen LogP contribution in [0.5, 0.6) is 11.5 Å². The minimum Gasteiger partial charge on any atom is -0.492 e. The van der Waals surface area contributed by atoms with Gasteiger partial charge in [-0.15, -0.1) is 0 Å². The van der Waals surface area contributed by atoms with Gasteiger partial charge in [-0.1, -0.05) is 6.58 Å². The number of fused-ring (bicyclic) bond motifs is 1. The van der Waals surface area contributed by atoms with Crippen LogP contribution in [0.4, 0.5) is 4.39 Å². The number of pyridine rings is 1. The molecule has 0 saturated carbocycles. The summed E-state index contributed by atoms with van der Waals surface area (Å²) in [6.45, 7) is 4.35. The number of amidine groups is 1. The second-order valence-corrected chi connectivity index (χ2v) is 6.60. The van der Waals surface area contributed by atoms with Crippen molar-refractivity contribution in [1.29, 1.82) is 0 Å². The Balaban J connectivity index is 1.48. The van der Waals surface area contributed by atoms with E-state index in [0.717, 1.165) is 11.3 Å². The number of nitrogens with zero attached hydrogens (tertiary/aromatic N) is 4. The van der Waals surface area contributed by atoms with Gasteiger partial charge in [0.15, 0.2) is 11.6 Å². The highest BCUT2D eigenvalue weighted by molar-refractivity contribution is 6.13. The van der Waals surface area contributed by atoms with Gasteiger partial charge in [-0.25, -0.2) is 4.98 Å². The van der Waals surface area contributed by atoms with E-state index >= 15 is 0 Å². The molecule has 0 atom stereocenters. The standard InChI is InChI=1S/C21H19FN4O3/c1-13-4-9-19(24-25(13)2)26-11-14-10-16(6-7-17(14)21(26)27)29-12-15-5-8-18(28-3)20(22)23-15/h4-10H,1,11-12H2,2-3H3. The predicted octanol–water partition coefficient (Wildman–Crippen LogP) is 3.09. The van der Waals surface area contributed by atoms with Crippen LogP contribution >= 0.6 is 0 Å². The Morgan fingerprint density at radius 1 is 1.24 bits per heavy atom. The number of carbonyl (C=O) groups is 1. The van der Waals surface area contributed by atoms with E-state index in [2.05, 4.69) is 16.7 Å². The van der Waals surface area contributed by atoms with Crippen molar-refractivity contribution in [3.8, 4) is 11.5 Å². The maximum Gasteiger partial charge on any atom is 0.260 e. The van der Waals surface area contributed by atoms with Crippen molar-refractivity contribution >= 4 is 11.7 Å². The fourth-order valence-electron chi connectivity index (χ4n) is 3.09. The maximum absolute atomic E-state index is 13.7. The monoisotopic (exact) mass is 394 g/mol. The zero-order valence-electron chi connectivity index (χ0n) is 16.1. The molecule has 0 fully saturated rings. The van der Waals surface area contributed by atoms with Crippen molar-refractivity contribution in [3.05, 3.63) is 77.5 Å². The van der Waals surface area contributed by atoms with Crippen molar-refractivity contribution in [1.82, 2.24) is 14.9 Å². The van der Waals surface area contributed by atoms with Gasteiger partial charge in [0, 0.05) is 12.6 Å². The molecule has 1 aromatic heterocycles. The van der Waals surface area contributed by atoms with Gasteiger partial charge >= 0.3 is 0 Å². The van der Waals surface area contributed by atoms with Crippen LogP contribution in [0.1, 0.15) is 21.6 Å². The fourth-order valence-corrected chi connectivity index (χ4v) is 3.09. The van der Waals surface area contributed by atoms with Gasteiger partial charge in [-0.2, -0.15) is 9.49 Å². The number of likely N-dealkylation sites (N-methyl/N-ethyl adjacent to an activating group) is 1. The summed E-state index contributed by atoms with van der Waals surface area (Å²) >= 11 is 0. The molecule has 0 spiro atoms. The summed E-state index contributed by atoms with van der Waals surface area (Å²) in [5, 5.41) is 6.01. The number of hydrogen-bond acceptors (Lipinski definition) is 6. The topological polar surface area (TPSA) is 67.3 Å². The average Bonchev–Trinajstić information content (AvgIpc) is 3.04. The second-order valence-electron chi connectivity index (χ2n) is 6.60. The largest absolute Gasteiger partial charge is 0.492 e. The molecule has 7 nitrogen and oxygen atoms in total. The SMILES string of the molecule is C=C1C=CC(N2Cc3cc(OCc4ccc(OC)c(F)n4)ccc3C2=O)=NN1C. The lowest BCUT2D eigenvalue weighted by Crippen LogP contribution is -2.33. The minimum atomic E-state index is -0.683. The number of halogens is 1. The average molecular weight is 394 g/mol. The van der Waals surface area contributed by atoms with Crippen molar-refractivity contribution in [2.75, 3.05) is 14.2 Å². The number of ether oxygens (including phenoxy) is 2. The number of rotatable bonds is 4. The summed E-state index contributed by atoms with van der Waals surface area (Å²) in [6.07, 6.45) is 3.58. The quantitative estimate of drug-likeness (QED) is 0.746. The molecule has 2 aromatic rings. The number of carbonyl (C=O) groups excluding carboxylic acids is 1. The number of benzene rings is 1. The summed E-state index contributed by atoms with van der Waals surface area (Å²) in [6, 6.07) is 8.39. The Labute approximate surface area is 167 Å². The van der Waals surface area contributed by atoms with Gasteiger partial charge < -0.3 is 9.47 Å². The normalized spacial score (nSPS) is 15.5. The molecule has 2 aliphatic rings. The van der Waals surface area contributed by atoms with E-state index in [1.54, 1.807) is 41.2 Å². The van der Waals surface area contributed by atoms with E-state index in [1.165, 1.54) is 13.2 Å². The highest BCUT2D eigenvalue weighted by Crippen LogP contribution is 2.28. The van der Waals surface area contributed by atoms with Gasteiger partial charge in [0.1, 0.15) is 12.4 Å². The van der Waals surface area contributed by atoms with E-state index in [1.807, 2.05) is 12.1 Å². The molecule has 8 heteroatoms. The molecule has 3 heterocycles. The van der Waals surface area contributed by atoms with Crippen LogP contribution in [-0.2, 0) is 13.2 Å². The number of hydrogen-bond donors (Lipinski definition) is 0. The lowest BCUT2D eigenvalue weighted by molar-refractivity contribution is 0.0864. The highest BCUT2D eigenvalue weighted by Gasteiger charge is 2.31. The smallest absolute Gasteiger partial charge is 0.260 e. The molecule has 0 aliphatic carbocycles. The molecular weight excluding hydrogens is 375 g/mol. The van der Waals surface area contributed by atoms with Crippen LogP contribution in [0.3, 0.4) is 0 Å². The molecule has 0 radical (unpaired) electrons. The van der Waals surface area contributed by atoms with Crippen LogP contribution in [0.25, 0.3) is 0 Å². The fraction of sp³-hybridized carbons (Fsp3) is 0.190. The van der Waals surface area contributed by atoms with Gasteiger partial charge in [0.25, 0.3) is 11.9 Å². The molecule has 1 amide bonds. The Kier molecular flexibility index (Phi) is 4.75. The molecular formula is C21H19FN4O3. The number of methoxy groups -OCH3 is 1. The van der Waals surface area contributed by atoms with Crippen LogP contribution in [0, 0.1) is 5.95 Å². The third-order valence-electron chi connectivity index (χ3n) is 4.73. The summed E-state index contributed by atoms with van der Waals surface area (Å²) < 4.78 is 24.3. The Morgan fingerprint density at radius 2 is 2.07 bits per heavy atom. The van der Waals surface area contributed by atoms with Crippen LogP contribution < -0.4 is 9.47 Å². The van der Waals surface area contributed by atoms with Crippen LogP contribution in [0.15, 0.2) is 59.9 Å². The number of allylic oxidation sites excluding steroid dienone is 1. The molecule has 4 rings (SSSR count). The van der Waals surface area contributed by atoms with Crippen LogP contribution in [0.2, 0.25) is 0 Å². The minimum absolute atomic E-state index is 0.0822. The highest BCUT2D eigenvalue weighted by atomic mass is 19.1. The molecule has 0 saturated heterocycles. The van der Waals surface area contributed by atoms with E-state index in [9.17, 15) is 9.18 Å². The molecule has 1 aromatic carbocycles. The first-order valence-corrected chi connectivity index (χ1v) is 8.92. The van der Waals surface area contributed by atoms with Crippen molar-refractivity contribution in [2.24, 2.45) is 5.10 Å². The first kappa shape index (κ1) is 18.7. The molecule has 29 heavy (non-hydrogen) atoms. The molecule has 148 valence electrons. The first-order chi connectivity index (χ1) is 14.0. The maximum atomic E-state index is 13.7. The second kappa shape index (κ2) is 7.38. The summed E-state index contributed by atoms with van der Waals surface area (Å²) in [4.78, 5) is 18.2. The van der Waals surface area contributed by atoms with Gasteiger partial charge in [0.05, 0.1) is 25.0 Å². The molecule has 0 N–H and O–H groups in total. The molecule has 0 bridgehead atoms. The summed E-state index contributed by atoms with van der Waals surface area (Å²) in [5.74, 6) is 0.413. The van der Waals surface area contributed by atoms with Gasteiger partial charge in [-0.05, 0) is 48.0 Å². The lowest BCUT2D eigenvalue weighted by atomic mass is 10.1. The molecule has 0 unspecified atom stereocenters. The van der Waals surface area contributed by atoms with Crippen molar-refractivity contribution in [2.45, 2.75) is 13.2 Å². The Bertz CT molecular complexity index is 1060. The number of aromatic nitrogens is 1. The number of amides is 1. The van der Waals surface area contributed by atoms with Crippen molar-refractivity contribution in [3.63, 3.8) is 0 Å². The lowest BCUT2D eigenvalue weighted by Gasteiger charge is -2.23. The zero-order chi connectivity index (χ0) is 20.5. The van der Waals surface area contributed by atoms with E-state index in [0.29, 0.717) is 29.4 Å². The first-order valence-electron chi connectivity index (χ1n) is 8.92. The zero-order valence-corrected chi connectivity index (χ0v) is 16.1. The third kappa shape index (κ3) is 3.56.